The molecule has 0 radical (unpaired) electrons. The van der Waals surface area contributed by atoms with E-state index in [-0.39, 0.29) is 5.41 Å². The van der Waals surface area contributed by atoms with Gasteiger partial charge < -0.3 is 10.5 Å². The first-order valence-electron chi connectivity index (χ1n) is 6.68. The van der Waals surface area contributed by atoms with Crippen molar-refractivity contribution < 1.29 is 4.74 Å². The van der Waals surface area contributed by atoms with Gasteiger partial charge in [-0.05, 0) is 44.2 Å². The fourth-order valence-electron chi connectivity index (χ4n) is 2.83. The molecule has 1 saturated heterocycles. The van der Waals surface area contributed by atoms with E-state index in [9.17, 15) is 0 Å². The SMILES string of the molecule is CC(C)(CN)CCN1CCOC2CCCC21. The summed E-state index contributed by atoms with van der Waals surface area (Å²) in [6, 6.07) is 0.697. The van der Waals surface area contributed by atoms with Gasteiger partial charge in [0.25, 0.3) is 0 Å². The molecule has 0 aromatic rings. The third-order valence-electron chi connectivity index (χ3n) is 4.23. The average molecular weight is 226 g/mol. The molecule has 0 aromatic carbocycles. The number of ether oxygens (including phenoxy) is 1. The van der Waals surface area contributed by atoms with Crippen molar-refractivity contribution in [3.63, 3.8) is 0 Å². The molecule has 2 N–H and O–H groups in total. The molecule has 94 valence electrons. The quantitative estimate of drug-likeness (QED) is 0.791. The fraction of sp³-hybridized carbons (Fsp3) is 1.00. The Morgan fingerprint density at radius 1 is 1.38 bits per heavy atom. The molecular weight excluding hydrogens is 200 g/mol. The van der Waals surface area contributed by atoms with Crippen LogP contribution in [0.5, 0.6) is 0 Å². The van der Waals surface area contributed by atoms with Crippen molar-refractivity contribution in [3.05, 3.63) is 0 Å². The van der Waals surface area contributed by atoms with Gasteiger partial charge in [0, 0.05) is 12.6 Å². The van der Waals surface area contributed by atoms with E-state index in [1.807, 2.05) is 0 Å². The van der Waals surface area contributed by atoms with Gasteiger partial charge in [0.15, 0.2) is 0 Å². The number of nitrogens with two attached hydrogens (primary N) is 1. The van der Waals surface area contributed by atoms with Crippen molar-refractivity contribution >= 4 is 0 Å². The summed E-state index contributed by atoms with van der Waals surface area (Å²) in [5.74, 6) is 0. The van der Waals surface area contributed by atoms with E-state index >= 15 is 0 Å². The molecule has 2 atom stereocenters. The Labute approximate surface area is 99.3 Å². The average Bonchev–Trinajstić information content (AvgIpc) is 2.75. The molecule has 0 aromatic heterocycles. The molecule has 0 bridgehead atoms. The number of morpholine rings is 1. The smallest absolute Gasteiger partial charge is 0.0730 e. The van der Waals surface area contributed by atoms with Crippen molar-refractivity contribution in [3.8, 4) is 0 Å². The molecule has 0 spiro atoms. The van der Waals surface area contributed by atoms with Gasteiger partial charge in [0.05, 0.1) is 12.7 Å². The van der Waals surface area contributed by atoms with Gasteiger partial charge in [0.2, 0.25) is 0 Å². The Hall–Kier alpha value is -0.120. The molecule has 3 heteroatoms. The monoisotopic (exact) mass is 226 g/mol. The summed E-state index contributed by atoms with van der Waals surface area (Å²) in [5, 5.41) is 0. The van der Waals surface area contributed by atoms with Crippen LogP contribution in [-0.2, 0) is 4.74 Å². The topological polar surface area (TPSA) is 38.5 Å². The van der Waals surface area contributed by atoms with Gasteiger partial charge in [-0.15, -0.1) is 0 Å². The summed E-state index contributed by atoms with van der Waals surface area (Å²) in [7, 11) is 0. The van der Waals surface area contributed by atoms with Gasteiger partial charge in [-0.25, -0.2) is 0 Å². The summed E-state index contributed by atoms with van der Waals surface area (Å²) in [6.07, 6.45) is 5.66. The molecule has 0 amide bonds. The zero-order chi connectivity index (χ0) is 11.6. The van der Waals surface area contributed by atoms with Crippen molar-refractivity contribution in [2.75, 3.05) is 26.2 Å². The summed E-state index contributed by atoms with van der Waals surface area (Å²) >= 11 is 0. The molecule has 1 heterocycles. The fourth-order valence-corrected chi connectivity index (χ4v) is 2.83. The Bertz CT molecular complexity index is 230. The number of fused-ring (bicyclic) bond motifs is 1. The summed E-state index contributed by atoms with van der Waals surface area (Å²) < 4.78 is 5.82. The third kappa shape index (κ3) is 2.76. The highest BCUT2D eigenvalue weighted by atomic mass is 16.5. The van der Waals surface area contributed by atoms with Crippen LogP contribution < -0.4 is 5.73 Å². The minimum atomic E-state index is 0.284. The van der Waals surface area contributed by atoms with Crippen LogP contribution in [0.3, 0.4) is 0 Å². The molecule has 3 nitrogen and oxygen atoms in total. The lowest BCUT2D eigenvalue weighted by atomic mass is 9.89. The number of hydrogen-bond acceptors (Lipinski definition) is 3. The molecule has 16 heavy (non-hydrogen) atoms. The van der Waals surface area contributed by atoms with Crippen molar-refractivity contribution in [2.24, 2.45) is 11.1 Å². The van der Waals surface area contributed by atoms with Crippen LogP contribution in [0.2, 0.25) is 0 Å². The molecular formula is C13H26N2O. The van der Waals surface area contributed by atoms with Crippen LogP contribution >= 0.6 is 0 Å². The van der Waals surface area contributed by atoms with Crippen molar-refractivity contribution in [1.29, 1.82) is 0 Å². The zero-order valence-electron chi connectivity index (χ0n) is 10.7. The van der Waals surface area contributed by atoms with Gasteiger partial charge in [-0.3, -0.25) is 4.90 Å². The second kappa shape index (κ2) is 5.03. The lowest BCUT2D eigenvalue weighted by Gasteiger charge is -2.39. The largest absolute Gasteiger partial charge is 0.375 e. The number of hydrogen-bond donors (Lipinski definition) is 1. The predicted octanol–water partition coefficient (Wildman–Crippen LogP) is 1.61. The van der Waals surface area contributed by atoms with E-state index in [1.165, 1.54) is 32.2 Å². The normalized spacial score (nSPS) is 31.7. The zero-order valence-corrected chi connectivity index (χ0v) is 10.7. The molecule has 2 aliphatic rings. The lowest BCUT2D eigenvalue weighted by molar-refractivity contribution is -0.0581. The number of nitrogens with zero attached hydrogens (tertiary/aromatic N) is 1. The first kappa shape index (κ1) is 12.3. The van der Waals surface area contributed by atoms with E-state index in [4.69, 9.17) is 10.5 Å². The molecule has 1 aliphatic carbocycles. The molecule has 2 fully saturated rings. The number of rotatable bonds is 4. The summed E-state index contributed by atoms with van der Waals surface area (Å²) in [6.45, 7) is 8.53. The Morgan fingerprint density at radius 2 is 2.19 bits per heavy atom. The van der Waals surface area contributed by atoms with Crippen LogP contribution in [0, 0.1) is 5.41 Å². The highest BCUT2D eigenvalue weighted by Gasteiger charge is 2.36. The van der Waals surface area contributed by atoms with E-state index in [0.29, 0.717) is 12.1 Å². The maximum Gasteiger partial charge on any atom is 0.0730 e. The van der Waals surface area contributed by atoms with E-state index in [2.05, 4.69) is 18.7 Å². The van der Waals surface area contributed by atoms with E-state index in [1.54, 1.807) is 0 Å². The maximum absolute atomic E-state index is 5.82. The summed E-state index contributed by atoms with van der Waals surface area (Å²) in [5.41, 5.74) is 6.07. The molecule has 1 saturated carbocycles. The summed E-state index contributed by atoms with van der Waals surface area (Å²) in [4.78, 5) is 2.64. The van der Waals surface area contributed by atoms with Gasteiger partial charge in [-0.2, -0.15) is 0 Å². The van der Waals surface area contributed by atoms with Crippen LogP contribution in [0.4, 0.5) is 0 Å². The second-order valence-corrected chi connectivity index (χ2v) is 6.06. The molecule has 1 aliphatic heterocycles. The first-order chi connectivity index (χ1) is 7.62. The second-order valence-electron chi connectivity index (χ2n) is 6.06. The third-order valence-corrected chi connectivity index (χ3v) is 4.23. The van der Waals surface area contributed by atoms with Gasteiger partial charge in [-0.1, -0.05) is 13.8 Å². The Balaban J connectivity index is 1.84. The van der Waals surface area contributed by atoms with Crippen molar-refractivity contribution in [2.45, 2.75) is 51.7 Å². The first-order valence-corrected chi connectivity index (χ1v) is 6.68. The van der Waals surface area contributed by atoms with E-state index < -0.39 is 0 Å². The standard InChI is InChI=1S/C13H26N2O/c1-13(2,10-14)6-7-15-8-9-16-12-5-3-4-11(12)15/h11-12H,3-10,14H2,1-2H3. The van der Waals surface area contributed by atoms with Gasteiger partial charge in [0.1, 0.15) is 0 Å². The van der Waals surface area contributed by atoms with Crippen molar-refractivity contribution in [1.82, 2.24) is 4.90 Å². The van der Waals surface area contributed by atoms with Crippen LogP contribution in [0.15, 0.2) is 0 Å². The van der Waals surface area contributed by atoms with Crippen LogP contribution in [0.25, 0.3) is 0 Å². The minimum Gasteiger partial charge on any atom is -0.375 e. The van der Waals surface area contributed by atoms with Gasteiger partial charge >= 0.3 is 0 Å². The van der Waals surface area contributed by atoms with E-state index in [0.717, 1.165) is 19.7 Å². The van der Waals surface area contributed by atoms with Crippen LogP contribution in [-0.4, -0.2) is 43.3 Å². The minimum absolute atomic E-state index is 0.284. The molecule has 2 rings (SSSR count). The molecule has 2 unspecified atom stereocenters. The highest BCUT2D eigenvalue weighted by molar-refractivity contribution is 4.89. The highest BCUT2D eigenvalue weighted by Crippen LogP contribution is 2.30. The maximum atomic E-state index is 5.82. The van der Waals surface area contributed by atoms with Crippen LogP contribution in [0.1, 0.15) is 39.5 Å². The lowest BCUT2D eigenvalue weighted by Crippen LogP contribution is -2.49. The Morgan fingerprint density at radius 3 is 2.94 bits per heavy atom. The predicted molar refractivity (Wildman–Crippen MR) is 66.4 cm³/mol. The Kier molecular flexibility index (Phi) is 3.88.